The lowest BCUT2D eigenvalue weighted by Crippen LogP contribution is -2.58. The standard InChI is InChI=1S/C20H21FN4O2/c21-16-8-6-15(7-9-16)14-18(26)24-12-10-20(11-13-24)22-19(27)25(23-20)17-4-2-1-3-5-17/h1-9,23H,10-14H2,(H,22,27). The zero-order valence-corrected chi connectivity index (χ0v) is 14.8. The highest BCUT2D eigenvalue weighted by atomic mass is 19.1. The normalized spacial score (nSPS) is 18.6. The summed E-state index contributed by atoms with van der Waals surface area (Å²) in [5.74, 6) is -0.294. The minimum absolute atomic E-state index is 0.0145. The molecule has 2 saturated heterocycles. The number of carbonyl (C=O) groups is 2. The molecule has 2 fully saturated rings. The number of likely N-dealkylation sites (tertiary alicyclic amines) is 1. The molecular weight excluding hydrogens is 347 g/mol. The van der Waals surface area contributed by atoms with E-state index >= 15 is 0 Å². The molecule has 27 heavy (non-hydrogen) atoms. The van der Waals surface area contributed by atoms with Gasteiger partial charge in [0.05, 0.1) is 12.1 Å². The summed E-state index contributed by atoms with van der Waals surface area (Å²) < 4.78 is 13.0. The lowest BCUT2D eigenvalue weighted by molar-refractivity contribution is -0.132. The third-order valence-corrected chi connectivity index (χ3v) is 5.13. The summed E-state index contributed by atoms with van der Waals surface area (Å²) in [6.07, 6.45) is 1.50. The van der Waals surface area contributed by atoms with E-state index in [0.717, 1.165) is 11.3 Å². The molecule has 1 spiro atoms. The fraction of sp³-hybridized carbons (Fsp3) is 0.300. The maximum absolute atomic E-state index is 13.0. The number of nitrogens with one attached hydrogen (secondary N) is 2. The number of urea groups is 1. The van der Waals surface area contributed by atoms with E-state index < -0.39 is 5.66 Å². The topological polar surface area (TPSA) is 64.7 Å². The van der Waals surface area contributed by atoms with Crippen molar-refractivity contribution < 1.29 is 14.0 Å². The summed E-state index contributed by atoms with van der Waals surface area (Å²) >= 11 is 0. The Hall–Kier alpha value is -2.93. The van der Waals surface area contributed by atoms with Gasteiger partial charge < -0.3 is 10.2 Å². The van der Waals surface area contributed by atoms with E-state index in [1.54, 1.807) is 17.0 Å². The summed E-state index contributed by atoms with van der Waals surface area (Å²) in [4.78, 5) is 26.7. The van der Waals surface area contributed by atoms with Gasteiger partial charge in [0.15, 0.2) is 0 Å². The Morgan fingerprint density at radius 3 is 2.37 bits per heavy atom. The van der Waals surface area contributed by atoms with Crippen LogP contribution in [0, 0.1) is 5.82 Å². The first-order valence-corrected chi connectivity index (χ1v) is 9.02. The first-order valence-electron chi connectivity index (χ1n) is 9.02. The van der Waals surface area contributed by atoms with Gasteiger partial charge in [-0.2, -0.15) is 0 Å². The van der Waals surface area contributed by atoms with Crippen LogP contribution in [0.25, 0.3) is 0 Å². The minimum atomic E-state index is -0.528. The molecule has 2 aromatic carbocycles. The van der Waals surface area contributed by atoms with Crippen LogP contribution in [-0.4, -0.2) is 35.6 Å². The molecule has 0 aliphatic carbocycles. The molecule has 0 radical (unpaired) electrons. The van der Waals surface area contributed by atoms with E-state index in [9.17, 15) is 14.0 Å². The number of hydrogen-bond acceptors (Lipinski definition) is 3. The lowest BCUT2D eigenvalue weighted by Gasteiger charge is -2.39. The Balaban J connectivity index is 1.36. The summed E-state index contributed by atoms with van der Waals surface area (Å²) in [5, 5.41) is 4.55. The number of amides is 3. The number of carbonyl (C=O) groups excluding carboxylic acids is 2. The number of halogens is 1. The van der Waals surface area contributed by atoms with Gasteiger partial charge in [-0.05, 0) is 29.8 Å². The molecule has 3 amide bonds. The third kappa shape index (κ3) is 3.64. The van der Waals surface area contributed by atoms with Crippen molar-refractivity contribution in [3.8, 4) is 0 Å². The number of anilines is 1. The maximum Gasteiger partial charge on any atom is 0.338 e. The van der Waals surface area contributed by atoms with Crippen LogP contribution in [0.2, 0.25) is 0 Å². The Labute approximate surface area is 156 Å². The average molecular weight is 368 g/mol. The number of rotatable bonds is 3. The molecule has 0 saturated carbocycles. The number of nitrogens with zero attached hydrogens (tertiary/aromatic N) is 2. The van der Waals surface area contributed by atoms with E-state index in [1.807, 2.05) is 30.3 Å². The molecule has 7 heteroatoms. The van der Waals surface area contributed by atoms with Crippen LogP contribution in [0.4, 0.5) is 14.9 Å². The van der Waals surface area contributed by atoms with Gasteiger partial charge in [-0.3, -0.25) is 4.79 Å². The molecule has 0 unspecified atom stereocenters. The first kappa shape index (κ1) is 17.5. The fourth-order valence-electron chi connectivity index (χ4n) is 3.58. The molecule has 0 atom stereocenters. The van der Waals surface area contributed by atoms with Crippen molar-refractivity contribution in [2.24, 2.45) is 0 Å². The van der Waals surface area contributed by atoms with Crippen molar-refractivity contribution in [2.75, 3.05) is 18.1 Å². The molecular formula is C20H21FN4O2. The van der Waals surface area contributed by atoms with Gasteiger partial charge in [0.1, 0.15) is 11.5 Å². The van der Waals surface area contributed by atoms with Crippen LogP contribution < -0.4 is 15.8 Å². The maximum atomic E-state index is 13.0. The van der Waals surface area contributed by atoms with Gasteiger partial charge in [0, 0.05) is 25.9 Å². The van der Waals surface area contributed by atoms with Crippen molar-refractivity contribution in [1.29, 1.82) is 0 Å². The van der Waals surface area contributed by atoms with Crippen molar-refractivity contribution in [3.63, 3.8) is 0 Å². The van der Waals surface area contributed by atoms with Crippen molar-refractivity contribution >= 4 is 17.6 Å². The quantitative estimate of drug-likeness (QED) is 0.875. The van der Waals surface area contributed by atoms with Crippen LogP contribution in [0.5, 0.6) is 0 Å². The molecule has 0 aromatic heterocycles. The summed E-state index contributed by atoms with van der Waals surface area (Å²) in [6.45, 7) is 1.10. The van der Waals surface area contributed by atoms with Crippen molar-refractivity contribution in [1.82, 2.24) is 15.6 Å². The molecule has 2 aromatic rings. The average Bonchev–Trinajstić information content (AvgIpc) is 3.00. The third-order valence-electron chi connectivity index (χ3n) is 5.13. The molecule has 2 N–H and O–H groups in total. The molecule has 6 nitrogen and oxygen atoms in total. The van der Waals surface area contributed by atoms with E-state index in [-0.39, 0.29) is 24.2 Å². The highest BCUT2D eigenvalue weighted by molar-refractivity contribution is 5.93. The second kappa shape index (κ2) is 7.00. The van der Waals surface area contributed by atoms with E-state index in [0.29, 0.717) is 25.9 Å². The van der Waals surface area contributed by atoms with Gasteiger partial charge in [0.25, 0.3) is 0 Å². The van der Waals surface area contributed by atoms with Gasteiger partial charge in [-0.1, -0.05) is 30.3 Å². The monoisotopic (exact) mass is 368 g/mol. The Bertz CT molecular complexity index is 833. The number of hydrogen-bond donors (Lipinski definition) is 2. The SMILES string of the molecule is O=C(Cc1ccc(F)cc1)N1CCC2(CC1)NC(=O)N(c1ccccc1)N2. The Kier molecular flexibility index (Phi) is 4.53. The number of benzene rings is 2. The van der Waals surface area contributed by atoms with Crippen LogP contribution in [-0.2, 0) is 11.2 Å². The van der Waals surface area contributed by atoms with E-state index in [2.05, 4.69) is 10.7 Å². The number of para-hydroxylation sites is 1. The highest BCUT2D eigenvalue weighted by Gasteiger charge is 2.45. The largest absolute Gasteiger partial charge is 0.342 e. The smallest absolute Gasteiger partial charge is 0.338 e. The van der Waals surface area contributed by atoms with Gasteiger partial charge >= 0.3 is 6.03 Å². The molecule has 4 rings (SSSR count). The van der Waals surface area contributed by atoms with Crippen LogP contribution in [0.3, 0.4) is 0 Å². The zero-order chi connectivity index (χ0) is 18.9. The van der Waals surface area contributed by atoms with E-state index in [1.165, 1.54) is 17.1 Å². The summed E-state index contributed by atoms with van der Waals surface area (Å²) in [6, 6.07) is 15.2. The molecule has 2 aliphatic rings. The number of hydrazine groups is 1. The van der Waals surface area contributed by atoms with Crippen LogP contribution in [0.15, 0.2) is 54.6 Å². The lowest BCUT2D eigenvalue weighted by atomic mass is 9.97. The van der Waals surface area contributed by atoms with Crippen molar-refractivity contribution in [3.05, 3.63) is 66.0 Å². The first-order chi connectivity index (χ1) is 13.0. The van der Waals surface area contributed by atoms with E-state index in [4.69, 9.17) is 0 Å². The Morgan fingerprint density at radius 2 is 1.70 bits per heavy atom. The predicted octanol–water partition coefficient (Wildman–Crippen LogP) is 2.42. The molecule has 0 bridgehead atoms. The highest BCUT2D eigenvalue weighted by Crippen LogP contribution is 2.27. The van der Waals surface area contributed by atoms with Gasteiger partial charge in [-0.25, -0.2) is 19.6 Å². The molecule has 2 heterocycles. The van der Waals surface area contributed by atoms with Gasteiger partial charge in [-0.15, -0.1) is 0 Å². The van der Waals surface area contributed by atoms with Crippen LogP contribution >= 0.6 is 0 Å². The predicted molar refractivity (Wildman–Crippen MR) is 99.2 cm³/mol. The molecule has 2 aliphatic heterocycles. The second-order valence-corrected chi connectivity index (χ2v) is 6.98. The molecule has 140 valence electrons. The summed E-state index contributed by atoms with van der Waals surface area (Å²) in [5.41, 5.74) is 4.33. The number of piperidine rings is 1. The Morgan fingerprint density at radius 1 is 1.04 bits per heavy atom. The summed E-state index contributed by atoms with van der Waals surface area (Å²) in [7, 11) is 0. The zero-order valence-electron chi connectivity index (χ0n) is 14.8. The van der Waals surface area contributed by atoms with Gasteiger partial charge in [0.2, 0.25) is 5.91 Å². The second-order valence-electron chi connectivity index (χ2n) is 6.98. The minimum Gasteiger partial charge on any atom is -0.342 e. The fourth-order valence-corrected chi connectivity index (χ4v) is 3.58. The van der Waals surface area contributed by atoms with Crippen LogP contribution in [0.1, 0.15) is 18.4 Å². The van der Waals surface area contributed by atoms with Crippen molar-refractivity contribution in [2.45, 2.75) is 24.9 Å².